The summed E-state index contributed by atoms with van der Waals surface area (Å²) in [5, 5.41) is 13.2. The molecule has 0 spiro atoms. The summed E-state index contributed by atoms with van der Waals surface area (Å²) >= 11 is 0. The van der Waals surface area contributed by atoms with E-state index in [1.807, 2.05) is 26.0 Å². The summed E-state index contributed by atoms with van der Waals surface area (Å²) in [6.45, 7) is 6.68. The number of aromatic hydroxyl groups is 1. The van der Waals surface area contributed by atoms with Gasteiger partial charge in [0, 0.05) is 31.0 Å². The van der Waals surface area contributed by atoms with Crippen molar-refractivity contribution in [1.29, 1.82) is 0 Å². The molecule has 0 saturated heterocycles. The van der Waals surface area contributed by atoms with Crippen LogP contribution in [0.25, 0.3) is 0 Å². The molecule has 90 valence electrons. The number of hydrogen-bond acceptors (Lipinski definition) is 3. The molecule has 1 aromatic carbocycles. The number of benzene rings is 1. The highest BCUT2D eigenvalue weighted by molar-refractivity contribution is 5.59. The molecule has 0 aliphatic carbocycles. The van der Waals surface area contributed by atoms with E-state index in [1.54, 1.807) is 7.11 Å². The first-order valence-corrected chi connectivity index (χ1v) is 5.61. The Bertz CT molecular complexity index is 350. The minimum Gasteiger partial charge on any atom is -0.507 e. The van der Waals surface area contributed by atoms with Gasteiger partial charge < -0.3 is 15.2 Å². The maximum atomic E-state index is 9.81. The van der Waals surface area contributed by atoms with E-state index in [2.05, 4.69) is 12.2 Å². The molecular formula is C13H21NO2. The van der Waals surface area contributed by atoms with Crippen molar-refractivity contribution in [1.82, 2.24) is 0 Å². The predicted molar refractivity (Wildman–Crippen MR) is 67.2 cm³/mol. The van der Waals surface area contributed by atoms with Gasteiger partial charge in [-0.15, -0.1) is 0 Å². The van der Waals surface area contributed by atoms with Crippen molar-refractivity contribution in [2.75, 3.05) is 19.0 Å². The van der Waals surface area contributed by atoms with Crippen molar-refractivity contribution in [3.05, 3.63) is 23.3 Å². The van der Waals surface area contributed by atoms with E-state index in [0.29, 0.717) is 11.8 Å². The van der Waals surface area contributed by atoms with Gasteiger partial charge in [-0.1, -0.05) is 6.07 Å². The molecule has 1 atom stereocenters. The van der Waals surface area contributed by atoms with Crippen LogP contribution in [0.3, 0.4) is 0 Å². The fourth-order valence-corrected chi connectivity index (χ4v) is 1.62. The maximum Gasteiger partial charge on any atom is 0.123 e. The van der Waals surface area contributed by atoms with Crippen LogP contribution in [0, 0.1) is 13.8 Å². The number of phenols is 1. The van der Waals surface area contributed by atoms with Gasteiger partial charge in [0.25, 0.3) is 0 Å². The first-order chi connectivity index (χ1) is 7.56. The summed E-state index contributed by atoms with van der Waals surface area (Å²) in [5.74, 6) is 0.379. The second kappa shape index (κ2) is 5.75. The molecule has 0 fully saturated rings. The Labute approximate surface area is 97.4 Å². The number of methoxy groups -OCH3 is 1. The second-order valence-electron chi connectivity index (χ2n) is 4.23. The zero-order valence-electron chi connectivity index (χ0n) is 10.5. The lowest BCUT2D eigenvalue weighted by Crippen LogP contribution is -2.17. The fraction of sp³-hybridized carbons (Fsp3) is 0.538. The van der Waals surface area contributed by atoms with Crippen LogP contribution in [0.5, 0.6) is 5.75 Å². The highest BCUT2D eigenvalue weighted by Crippen LogP contribution is 2.28. The molecule has 0 bridgehead atoms. The van der Waals surface area contributed by atoms with Crippen molar-refractivity contribution in [2.24, 2.45) is 0 Å². The summed E-state index contributed by atoms with van der Waals surface area (Å²) in [6, 6.07) is 4.27. The number of anilines is 1. The quantitative estimate of drug-likeness (QED) is 0.806. The van der Waals surface area contributed by atoms with Crippen LogP contribution in [0.4, 0.5) is 5.69 Å². The average molecular weight is 223 g/mol. The maximum absolute atomic E-state index is 9.81. The molecule has 0 heterocycles. The number of rotatable bonds is 5. The van der Waals surface area contributed by atoms with E-state index in [1.165, 1.54) is 0 Å². The number of nitrogens with one attached hydrogen (secondary N) is 1. The van der Waals surface area contributed by atoms with E-state index >= 15 is 0 Å². The van der Waals surface area contributed by atoms with E-state index in [-0.39, 0.29) is 0 Å². The Balaban J connectivity index is 2.70. The van der Waals surface area contributed by atoms with Crippen LogP contribution in [-0.2, 0) is 4.74 Å². The first-order valence-electron chi connectivity index (χ1n) is 5.61. The SMILES string of the molecule is COCCC(C)Nc1ccc(C)c(O)c1C. The molecule has 3 heteroatoms. The Morgan fingerprint density at radius 1 is 1.38 bits per heavy atom. The minimum atomic E-state index is 0.334. The van der Waals surface area contributed by atoms with Crippen LogP contribution in [0.15, 0.2) is 12.1 Å². The van der Waals surface area contributed by atoms with E-state index in [9.17, 15) is 5.11 Å². The third kappa shape index (κ3) is 3.14. The van der Waals surface area contributed by atoms with Crippen molar-refractivity contribution in [3.8, 4) is 5.75 Å². The molecule has 0 aliphatic rings. The van der Waals surface area contributed by atoms with Gasteiger partial charge in [0.2, 0.25) is 0 Å². The van der Waals surface area contributed by atoms with Gasteiger partial charge in [-0.2, -0.15) is 0 Å². The molecule has 3 nitrogen and oxygen atoms in total. The van der Waals surface area contributed by atoms with Crippen molar-refractivity contribution < 1.29 is 9.84 Å². The minimum absolute atomic E-state index is 0.334. The van der Waals surface area contributed by atoms with Gasteiger partial charge >= 0.3 is 0 Å². The third-order valence-electron chi connectivity index (χ3n) is 2.79. The van der Waals surface area contributed by atoms with Crippen LogP contribution in [-0.4, -0.2) is 24.9 Å². The number of aryl methyl sites for hydroxylation is 1. The molecule has 0 radical (unpaired) electrons. The molecule has 1 aromatic rings. The van der Waals surface area contributed by atoms with Crippen LogP contribution in [0.1, 0.15) is 24.5 Å². The molecule has 0 saturated carbocycles. The molecule has 0 aromatic heterocycles. The topological polar surface area (TPSA) is 41.5 Å². The Morgan fingerprint density at radius 2 is 2.06 bits per heavy atom. The lowest BCUT2D eigenvalue weighted by atomic mass is 10.1. The predicted octanol–water partition coefficient (Wildman–Crippen LogP) is 2.85. The number of hydrogen-bond donors (Lipinski definition) is 2. The molecule has 16 heavy (non-hydrogen) atoms. The summed E-state index contributed by atoms with van der Waals surface area (Å²) in [7, 11) is 1.70. The van der Waals surface area contributed by atoms with Crippen LogP contribution in [0.2, 0.25) is 0 Å². The monoisotopic (exact) mass is 223 g/mol. The lowest BCUT2D eigenvalue weighted by Gasteiger charge is -2.17. The molecule has 2 N–H and O–H groups in total. The zero-order valence-corrected chi connectivity index (χ0v) is 10.5. The Hall–Kier alpha value is -1.22. The molecular weight excluding hydrogens is 202 g/mol. The van der Waals surface area contributed by atoms with Gasteiger partial charge in [0.15, 0.2) is 0 Å². The average Bonchev–Trinajstić information content (AvgIpc) is 2.27. The first kappa shape index (κ1) is 12.8. The van der Waals surface area contributed by atoms with E-state index in [0.717, 1.165) is 29.8 Å². The van der Waals surface area contributed by atoms with Gasteiger partial charge in [0.05, 0.1) is 0 Å². The van der Waals surface area contributed by atoms with E-state index in [4.69, 9.17) is 4.74 Å². The smallest absolute Gasteiger partial charge is 0.123 e. The van der Waals surface area contributed by atoms with Gasteiger partial charge in [0.1, 0.15) is 5.75 Å². The van der Waals surface area contributed by atoms with Crippen molar-refractivity contribution >= 4 is 5.69 Å². The molecule has 1 rings (SSSR count). The Kier molecular flexibility index (Phi) is 4.62. The summed E-state index contributed by atoms with van der Waals surface area (Å²) in [6.07, 6.45) is 0.949. The largest absolute Gasteiger partial charge is 0.507 e. The van der Waals surface area contributed by atoms with Gasteiger partial charge in [-0.3, -0.25) is 0 Å². The fourth-order valence-electron chi connectivity index (χ4n) is 1.62. The number of phenolic OH excluding ortho intramolecular Hbond substituents is 1. The standard InChI is InChI=1S/C13H21NO2/c1-9-5-6-12(11(3)13(9)15)14-10(2)7-8-16-4/h5-6,10,14-15H,7-8H2,1-4H3. The highest BCUT2D eigenvalue weighted by Gasteiger charge is 2.08. The van der Waals surface area contributed by atoms with E-state index < -0.39 is 0 Å². The number of ether oxygens (including phenoxy) is 1. The van der Waals surface area contributed by atoms with Crippen molar-refractivity contribution in [3.63, 3.8) is 0 Å². The molecule has 0 amide bonds. The lowest BCUT2D eigenvalue weighted by molar-refractivity contribution is 0.191. The highest BCUT2D eigenvalue weighted by atomic mass is 16.5. The second-order valence-corrected chi connectivity index (χ2v) is 4.23. The molecule has 1 unspecified atom stereocenters. The summed E-state index contributed by atoms with van der Waals surface area (Å²) in [5.41, 5.74) is 2.81. The van der Waals surface area contributed by atoms with Crippen LogP contribution < -0.4 is 5.32 Å². The van der Waals surface area contributed by atoms with Gasteiger partial charge in [-0.25, -0.2) is 0 Å². The molecule has 0 aliphatic heterocycles. The summed E-state index contributed by atoms with van der Waals surface area (Å²) < 4.78 is 5.03. The normalized spacial score (nSPS) is 12.5. The van der Waals surface area contributed by atoms with Gasteiger partial charge in [-0.05, 0) is 38.8 Å². The summed E-state index contributed by atoms with van der Waals surface area (Å²) in [4.78, 5) is 0. The Morgan fingerprint density at radius 3 is 2.69 bits per heavy atom. The van der Waals surface area contributed by atoms with Crippen molar-refractivity contribution in [2.45, 2.75) is 33.2 Å². The zero-order chi connectivity index (χ0) is 12.1. The third-order valence-corrected chi connectivity index (χ3v) is 2.79. The van der Waals surface area contributed by atoms with Crippen LogP contribution >= 0.6 is 0 Å².